The summed E-state index contributed by atoms with van der Waals surface area (Å²) >= 11 is 0. The Balaban J connectivity index is 1.47. The molecule has 2 aromatic carbocycles. The van der Waals surface area contributed by atoms with Gasteiger partial charge in [-0.2, -0.15) is 0 Å². The number of fused-ring (bicyclic) bond motifs is 1. The van der Waals surface area contributed by atoms with Crippen molar-refractivity contribution in [2.45, 2.75) is 31.9 Å². The number of nitrogens with zero attached hydrogens (tertiary/aromatic N) is 2. The number of aryl methyl sites for hydroxylation is 1. The average Bonchev–Trinajstić information content (AvgIpc) is 2.69. The highest BCUT2D eigenvalue weighted by Gasteiger charge is 2.34. The summed E-state index contributed by atoms with van der Waals surface area (Å²) in [6.45, 7) is 8.54. The summed E-state index contributed by atoms with van der Waals surface area (Å²) in [5.74, 6) is 0. The Morgan fingerprint density at radius 1 is 1.11 bits per heavy atom. The zero-order chi connectivity index (χ0) is 18.9. The van der Waals surface area contributed by atoms with Gasteiger partial charge in [-0.1, -0.05) is 49.1 Å². The van der Waals surface area contributed by atoms with Gasteiger partial charge in [-0.3, -0.25) is 9.88 Å². The minimum Gasteiger partial charge on any atom is -0.385 e. The van der Waals surface area contributed by atoms with Gasteiger partial charge in [0.05, 0.1) is 11.1 Å². The first-order valence-electron chi connectivity index (χ1n) is 9.60. The second-order valence-corrected chi connectivity index (χ2v) is 7.62. The molecule has 0 spiro atoms. The van der Waals surface area contributed by atoms with E-state index in [1.165, 1.54) is 5.56 Å². The number of rotatable bonds is 4. The normalized spacial score (nSPS) is 17.1. The Morgan fingerprint density at radius 3 is 2.70 bits per heavy atom. The van der Waals surface area contributed by atoms with Gasteiger partial charge in [-0.15, -0.1) is 0 Å². The molecule has 1 saturated heterocycles. The minimum absolute atomic E-state index is 0.749. The molecule has 0 unspecified atom stereocenters. The maximum absolute atomic E-state index is 11.3. The lowest BCUT2D eigenvalue weighted by Gasteiger charge is -2.38. The molecule has 0 aliphatic carbocycles. The topological polar surface area (TPSA) is 36.4 Å². The number of aromatic nitrogens is 1. The molecule has 0 bridgehead atoms. The molecule has 2 heterocycles. The van der Waals surface area contributed by atoms with Crippen LogP contribution in [0.4, 0.5) is 0 Å². The molecule has 1 aromatic heterocycles. The van der Waals surface area contributed by atoms with Crippen LogP contribution < -0.4 is 0 Å². The monoisotopic (exact) mass is 358 g/mol. The minimum atomic E-state index is -0.751. The molecule has 1 fully saturated rings. The summed E-state index contributed by atoms with van der Waals surface area (Å²) in [6, 6.07) is 18.8. The second-order valence-electron chi connectivity index (χ2n) is 7.62. The maximum Gasteiger partial charge on any atom is 0.0921 e. The number of piperidine rings is 1. The third-order valence-electron chi connectivity index (χ3n) is 5.64. The SMILES string of the molecule is C=Cc1cccc(CN2CCC(O)(c3ccc4nc(C)ccc4c3)CC2)c1. The van der Waals surface area contributed by atoms with Gasteiger partial charge >= 0.3 is 0 Å². The maximum atomic E-state index is 11.3. The van der Waals surface area contributed by atoms with Crippen LogP contribution in [0.5, 0.6) is 0 Å². The molecule has 0 saturated carbocycles. The molecule has 3 heteroatoms. The van der Waals surface area contributed by atoms with Gasteiger partial charge in [0.1, 0.15) is 0 Å². The summed E-state index contributed by atoms with van der Waals surface area (Å²) in [5, 5.41) is 12.4. The van der Waals surface area contributed by atoms with E-state index in [0.717, 1.165) is 60.2 Å². The summed E-state index contributed by atoms with van der Waals surface area (Å²) < 4.78 is 0. The number of pyridine rings is 1. The Kier molecular flexibility index (Phi) is 4.81. The first kappa shape index (κ1) is 17.9. The van der Waals surface area contributed by atoms with Crippen LogP contribution in [0.25, 0.3) is 17.0 Å². The summed E-state index contributed by atoms with van der Waals surface area (Å²) in [4.78, 5) is 6.98. The van der Waals surface area contributed by atoms with E-state index in [2.05, 4.69) is 52.9 Å². The first-order valence-corrected chi connectivity index (χ1v) is 9.60. The van der Waals surface area contributed by atoms with Crippen molar-refractivity contribution in [3.8, 4) is 0 Å². The quantitative estimate of drug-likeness (QED) is 0.736. The predicted molar refractivity (Wildman–Crippen MR) is 111 cm³/mol. The fourth-order valence-electron chi connectivity index (χ4n) is 3.96. The van der Waals surface area contributed by atoms with Crippen molar-refractivity contribution in [2.75, 3.05) is 13.1 Å². The number of hydrogen-bond donors (Lipinski definition) is 1. The van der Waals surface area contributed by atoms with Crippen molar-refractivity contribution in [1.82, 2.24) is 9.88 Å². The smallest absolute Gasteiger partial charge is 0.0921 e. The molecule has 0 atom stereocenters. The van der Waals surface area contributed by atoms with Crippen molar-refractivity contribution < 1.29 is 5.11 Å². The van der Waals surface area contributed by atoms with Crippen LogP contribution in [0.2, 0.25) is 0 Å². The number of hydrogen-bond acceptors (Lipinski definition) is 3. The van der Waals surface area contributed by atoms with Gasteiger partial charge in [-0.25, -0.2) is 0 Å². The van der Waals surface area contributed by atoms with Crippen molar-refractivity contribution in [2.24, 2.45) is 0 Å². The van der Waals surface area contributed by atoms with Crippen LogP contribution in [0, 0.1) is 6.92 Å². The fourth-order valence-corrected chi connectivity index (χ4v) is 3.96. The summed E-state index contributed by atoms with van der Waals surface area (Å²) in [6.07, 6.45) is 3.38. The van der Waals surface area contributed by atoms with E-state index in [9.17, 15) is 5.11 Å². The van der Waals surface area contributed by atoms with Crippen molar-refractivity contribution in [3.05, 3.63) is 83.6 Å². The number of likely N-dealkylation sites (tertiary alicyclic amines) is 1. The molecule has 138 valence electrons. The molecular formula is C24H26N2O. The van der Waals surface area contributed by atoms with E-state index in [1.54, 1.807) is 0 Å². The highest BCUT2D eigenvalue weighted by atomic mass is 16.3. The van der Waals surface area contributed by atoms with Gasteiger partial charge in [0.25, 0.3) is 0 Å². The Bertz CT molecular complexity index is 971. The van der Waals surface area contributed by atoms with Crippen molar-refractivity contribution in [3.63, 3.8) is 0 Å². The van der Waals surface area contributed by atoms with Gasteiger partial charge < -0.3 is 5.11 Å². The summed E-state index contributed by atoms with van der Waals surface area (Å²) in [7, 11) is 0. The van der Waals surface area contributed by atoms with E-state index < -0.39 is 5.60 Å². The van der Waals surface area contributed by atoms with Crippen LogP contribution in [-0.2, 0) is 12.1 Å². The zero-order valence-electron chi connectivity index (χ0n) is 15.9. The van der Waals surface area contributed by atoms with Gasteiger partial charge in [0.2, 0.25) is 0 Å². The second kappa shape index (κ2) is 7.26. The van der Waals surface area contributed by atoms with Crippen LogP contribution in [0.15, 0.2) is 61.2 Å². The molecule has 27 heavy (non-hydrogen) atoms. The molecule has 3 nitrogen and oxygen atoms in total. The zero-order valence-corrected chi connectivity index (χ0v) is 15.9. The predicted octanol–water partition coefficient (Wildman–Crippen LogP) is 4.67. The van der Waals surface area contributed by atoms with Crippen LogP contribution in [-0.4, -0.2) is 28.1 Å². The fraction of sp³-hybridized carbons (Fsp3) is 0.292. The third kappa shape index (κ3) is 3.80. The molecule has 3 aromatic rings. The van der Waals surface area contributed by atoms with Crippen LogP contribution >= 0.6 is 0 Å². The van der Waals surface area contributed by atoms with Crippen molar-refractivity contribution >= 4 is 17.0 Å². The van der Waals surface area contributed by atoms with E-state index in [0.29, 0.717) is 0 Å². The van der Waals surface area contributed by atoms with Crippen LogP contribution in [0.1, 0.15) is 35.2 Å². The molecule has 0 radical (unpaired) electrons. The Morgan fingerprint density at radius 2 is 1.93 bits per heavy atom. The van der Waals surface area contributed by atoms with E-state index in [1.807, 2.05) is 31.2 Å². The average molecular weight is 358 g/mol. The lowest BCUT2D eigenvalue weighted by molar-refractivity contribution is -0.0276. The highest BCUT2D eigenvalue weighted by Crippen LogP contribution is 2.34. The third-order valence-corrected chi connectivity index (χ3v) is 5.64. The largest absolute Gasteiger partial charge is 0.385 e. The Hall–Kier alpha value is -2.49. The number of benzene rings is 2. The first-order chi connectivity index (χ1) is 13.1. The van der Waals surface area contributed by atoms with Crippen LogP contribution in [0.3, 0.4) is 0 Å². The molecule has 0 amide bonds. The Labute approximate surface area is 161 Å². The highest BCUT2D eigenvalue weighted by molar-refractivity contribution is 5.79. The van der Waals surface area contributed by atoms with Gasteiger partial charge in [0.15, 0.2) is 0 Å². The molecule has 1 N–H and O–H groups in total. The lowest BCUT2D eigenvalue weighted by atomic mass is 9.83. The standard InChI is InChI=1S/C24H26N2O/c1-3-19-5-4-6-20(15-19)17-26-13-11-24(27,12-14-26)22-9-10-23-21(16-22)8-7-18(2)25-23/h3-10,15-16,27H,1,11-14,17H2,2H3. The van der Waals surface area contributed by atoms with Gasteiger partial charge in [0, 0.05) is 30.7 Å². The van der Waals surface area contributed by atoms with Crippen molar-refractivity contribution in [1.29, 1.82) is 0 Å². The van der Waals surface area contributed by atoms with E-state index in [-0.39, 0.29) is 0 Å². The molecule has 1 aliphatic rings. The lowest BCUT2D eigenvalue weighted by Crippen LogP contribution is -2.42. The molecular weight excluding hydrogens is 332 g/mol. The summed E-state index contributed by atoms with van der Waals surface area (Å²) in [5.41, 5.74) is 4.71. The molecule has 1 aliphatic heterocycles. The van der Waals surface area contributed by atoms with Gasteiger partial charge in [-0.05, 0) is 54.7 Å². The van der Waals surface area contributed by atoms with E-state index in [4.69, 9.17) is 0 Å². The molecule has 4 rings (SSSR count). The number of aliphatic hydroxyl groups is 1. The van der Waals surface area contributed by atoms with E-state index >= 15 is 0 Å².